The van der Waals surface area contributed by atoms with E-state index < -0.39 is 28.0 Å². The Hall–Kier alpha value is -1.39. The molecule has 0 spiro atoms. The van der Waals surface area contributed by atoms with E-state index in [0.29, 0.717) is 11.4 Å². The molecule has 1 fully saturated rings. The van der Waals surface area contributed by atoms with Crippen LogP contribution >= 0.6 is 23.2 Å². The first-order valence-electron chi connectivity index (χ1n) is 8.46. The number of nitrogens with one attached hydrogen (secondary N) is 1. The Morgan fingerprint density at radius 1 is 1.26 bits per heavy atom. The summed E-state index contributed by atoms with van der Waals surface area (Å²) in [7, 11) is -3.69. The topological polar surface area (TPSA) is 113 Å². The summed E-state index contributed by atoms with van der Waals surface area (Å²) in [5.41, 5.74) is 5.62. The lowest BCUT2D eigenvalue weighted by Gasteiger charge is -2.28. The Balaban J connectivity index is 2.36. The van der Waals surface area contributed by atoms with Gasteiger partial charge in [0.1, 0.15) is 0 Å². The van der Waals surface area contributed by atoms with Crippen molar-refractivity contribution < 1.29 is 18.0 Å². The molecule has 0 aromatic heterocycles. The molecule has 1 saturated heterocycles. The first kappa shape index (κ1) is 21.9. The van der Waals surface area contributed by atoms with E-state index in [-0.39, 0.29) is 42.5 Å². The maximum absolute atomic E-state index is 12.9. The van der Waals surface area contributed by atoms with Gasteiger partial charge < -0.3 is 16.0 Å². The van der Waals surface area contributed by atoms with E-state index in [4.69, 9.17) is 28.9 Å². The van der Waals surface area contributed by atoms with Gasteiger partial charge in [-0.15, -0.1) is 0 Å². The minimum Gasteiger partial charge on any atom is -0.352 e. The Morgan fingerprint density at radius 3 is 2.56 bits per heavy atom. The fraction of sp³-hybridized carbons (Fsp3) is 0.500. The zero-order valence-corrected chi connectivity index (χ0v) is 17.1. The molecule has 27 heavy (non-hydrogen) atoms. The molecule has 3 N–H and O–H groups in total. The van der Waals surface area contributed by atoms with E-state index >= 15 is 0 Å². The van der Waals surface area contributed by atoms with Crippen molar-refractivity contribution >= 4 is 45.0 Å². The molecule has 1 aliphatic heterocycles. The number of hydrogen-bond donors (Lipinski definition) is 2. The number of hydrogen-bond acceptors (Lipinski definition) is 5. The van der Waals surface area contributed by atoms with Crippen LogP contribution in [0.15, 0.2) is 18.2 Å². The molecule has 1 aliphatic rings. The predicted molar refractivity (Wildman–Crippen MR) is 104 cm³/mol. The number of rotatable bonds is 7. The number of sulfonamides is 1. The van der Waals surface area contributed by atoms with Gasteiger partial charge in [0.15, 0.2) is 6.17 Å². The SMILES string of the molecule is CCCS(=O)(=O)N1CCN(C(=O)c2ccc(Cl)c(Cl)c2)C1C(=O)NCCN. The lowest BCUT2D eigenvalue weighted by molar-refractivity contribution is -0.127. The maximum Gasteiger partial charge on any atom is 0.259 e. The van der Waals surface area contributed by atoms with Crippen molar-refractivity contribution in [2.45, 2.75) is 19.5 Å². The minimum absolute atomic E-state index is 0.0378. The lowest BCUT2D eigenvalue weighted by atomic mass is 10.2. The second kappa shape index (κ2) is 9.20. The third-order valence-corrected chi connectivity index (χ3v) is 6.81. The highest BCUT2D eigenvalue weighted by molar-refractivity contribution is 7.89. The molecule has 2 amide bonds. The molecule has 2 rings (SSSR count). The monoisotopic (exact) mass is 436 g/mol. The van der Waals surface area contributed by atoms with Gasteiger partial charge in [-0.25, -0.2) is 8.42 Å². The molecule has 1 aromatic rings. The van der Waals surface area contributed by atoms with Crippen molar-refractivity contribution in [1.29, 1.82) is 0 Å². The van der Waals surface area contributed by atoms with E-state index in [9.17, 15) is 18.0 Å². The van der Waals surface area contributed by atoms with Crippen molar-refractivity contribution in [1.82, 2.24) is 14.5 Å². The summed E-state index contributed by atoms with van der Waals surface area (Å²) in [5.74, 6) is -1.20. The summed E-state index contributed by atoms with van der Waals surface area (Å²) in [6.07, 6.45) is -0.869. The van der Waals surface area contributed by atoms with Crippen molar-refractivity contribution in [3.8, 4) is 0 Å². The molecule has 1 aromatic carbocycles. The van der Waals surface area contributed by atoms with Gasteiger partial charge in [0.2, 0.25) is 10.0 Å². The molecule has 8 nitrogen and oxygen atoms in total. The van der Waals surface area contributed by atoms with Gasteiger partial charge in [-0.3, -0.25) is 9.59 Å². The summed E-state index contributed by atoms with van der Waals surface area (Å²) < 4.78 is 26.2. The highest BCUT2D eigenvalue weighted by Crippen LogP contribution is 2.26. The second-order valence-corrected chi connectivity index (χ2v) is 8.86. The average molecular weight is 437 g/mol. The molecule has 0 bridgehead atoms. The number of amides is 2. The summed E-state index contributed by atoms with van der Waals surface area (Å²) in [4.78, 5) is 26.8. The fourth-order valence-electron chi connectivity index (χ4n) is 2.84. The Labute approximate surface area is 168 Å². The van der Waals surface area contributed by atoms with Gasteiger partial charge in [0.05, 0.1) is 15.8 Å². The second-order valence-electron chi connectivity index (χ2n) is 6.01. The lowest BCUT2D eigenvalue weighted by Crippen LogP contribution is -2.54. The summed E-state index contributed by atoms with van der Waals surface area (Å²) in [6.45, 7) is 2.22. The first-order chi connectivity index (χ1) is 12.7. The smallest absolute Gasteiger partial charge is 0.259 e. The third-order valence-electron chi connectivity index (χ3n) is 4.05. The van der Waals surface area contributed by atoms with Gasteiger partial charge in [0.25, 0.3) is 11.8 Å². The molecule has 0 saturated carbocycles. The van der Waals surface area contributed by atoms with Crippen LogP contribution in [0.25, 0.3) is 0 Å². The number of halogens is 2. The normalized spacial score (nSPS) is 17.9. The van der Waals surface area contributed by atoms with Crippen LogP contribution in [0.4, 0.5) is 0 Å². The van der Waals surface area contributed by atoms with Crippen LogP contribution in [-0.4, -0.2) is 67.5 Å². The average Bonchev–Trinajstić information content (AvgIpc) is 3.07. The highest BCUT2D eigenvalue weighted by Gasteiger charge is 2.45. The summed E-state index contributed by atoms with van der Waals surface area (Å²) in [6, 6.07) is 4.35. The standard InChI is InChI=1S/C16H22Cl2N4O4S/c1-2-9-27(25,26)22-8-7-21(15(22)14(23)20-6-5-19)16(24)11-3-4-12(17)13(18)10-11/h3-4,10,15H,2,5-9,19H2,1H3,(H,20,23). The van der Waals surface area contributed by atoms with E-state index in [1.165, 1.54) is 23.1 Å². The summed E-state index contributed by atoms with van der Waals surface area (Å²) >= 11 is 11.9. The van der Waals surface area contributed by atoms with Crippen LogP contribution in [0, 0.1) is 0 Å². The minimum atomic E-state index is -3.69. The van der Waals surface area contributed by atoms with Crippen LogP contribution < -0.4 is 11.1 Å². The van der Waals surface area contributed by atoms with E-state index in [0.717, 1.165) is 4.31 Å². The van der Waals surface area contributed by atoms with Crippen LogP contribution in [0.3, 0.4) is 0 Å². The molecule has 0 radical (unpaired) electrons. The molecular formula is C16H22Cl2N4O4S. The number of carbonyl (C=O) groups is 2. The van der Waals surface area contributed by atoms with Gasteiger partial charge in [-0.1, -0.05) is 30.1 Å². The highest BCUT2D eigenvalue weighted by atomic mass is 35.5. The zero-order valence-electron chi connectivity index (χ0n) is 14.8. The van der Waals surface area contributed by atoms with E-state index in [2.05, 4.69) is 5.32 Å². The van der Waals surface area contributed by atoms with E-state index in [1.54, 1.807) is 6.92 Å². The van der Waals surface area contributed by atoms with Gasteiger partial charge in [-0.05, 0) is 24.6 Å². The van der Waals surface area contributed by atoms with Gasteiger partial charge >= 0.3 is 0 Å². The maximum atomic E-state index is 12.9. The molecular weight excluding hydrogens is 415 g/mol. The molecule has 11 heteroatoms. The number of nitrogens with two attached hydrogens (primary N) is 1. The largest absolute Gasteiger partial charge is 0.352 e. The predicted octanol–water partition coefficient (Wildman–Crippen LogP) is 0.892. The molecule has 1 atom stereocenters. The Morgan fingerprint density at radius 2 is 1.96 bits per heavy atom. The molecule has 0 aliphatic carbocycles. The Kier molecular flexibility index (Phi) is 7.47. The quantitative estimate of drug-likeness (QED) is 0.658. The van der Waals surface area contributed by atoms with Crippen LogP contribution in [0.2, 0.25) is 10.0 Å². The van der Waals surface area contributed by atoms with Crippen LogP contribution in [-0.2, 0) is 14.8 Å². The number of carbonyl (C=O) groups excluding carboxylic acids is 2. The number of nitrogens with zero attached hydrogens (tertiary/aromatic N) is 2. The van der Waals surface area contributed by atoms with Crippen molar-refractivity contribution in [2.75, 3.05) is 31.9 Å². The fourth-order valence-corrected chi connectivity index (χ4v) is 4.76. The van der Waals surface area contributed by atoms with Crippen LogP contribution in [0.1, 0.15) is 23.7 Å². The van der Waals surface area contributed by atoms with Crippen LogP contribution in [0.5, 0.6) is 0 Å². The van der Waals surface area contributed by atoms with E-state index in [1.807, 2.05) is 0 Å². The molecule has 1 heterocycles. The van der Waals surface area contributed by atoms with Crippen molar-refractivity contribution in [3.05, 3.63) is 33.8 Å². The zero-order chi connectivity index (χ0) is 20.2. The molecule has 1 unspecified atom stereocenters. The third kappa shape index (κ3) is 4.91. The van der Waals surface area contributed by atoms with Crippen molar-refractivity contribution in [2.24, 2.45) is 5.73 Å². The summed E-state index contributed by atoms with van der Waals surface area (Å²) in [5, 5.41) is 3.05. The van der Waals surface area contributed by atoms with Crippen molar-refractivity contribution in [3.63, 3.8) is 0 Å². The molecule has 150 valence electrons. The van der Waals surface area contributed by atoms with Gasteiger partial charge in [-0.2, -0.15) is 4.31 Å². The van der Waals surface area contributed by atoms with Gasteiger partial charge in [0, 0.05) is 31.7 Å². The Bertz CT molecular complexity index is 819. The number of benzene rings is 1. The first-order valence-corrected chi connectivity index (χ1v) is 10.8.